The van der Waals surface area contributed by atoms with E-state index in [9.17, 15) is 13.2 Å². The summed E-state index contributed by atoms with van der Waals surface area (Å²) in [5.74, 6) is 6.13. The Labute approximate surface area is 164 Å². The third-order valence-electron chi connectivity index (χ3n) is 5.64. The van der Waals surface area contributed by atoms with Gasteiger partial charge in [0, 0.05) is 19.6 Å². The Balaban J connectivity index is 2.09. The number of nitrogens with two attached hydrogens (primary N) is 1. The van der Waals surface area contributed by atoms with Crippen LogP contribution in [0.15, 0.2) is 48.5 Å². The molecule has 3 rings (SSSR count). The molecule has 0 amide bonds. The maximum atomic E-state index is 13.8. The quantitative estimate of drug-likeness (QED) is 0.704. The van der Waals surface area contributed by atoms with Gasteiger partial charge >= 0.3 is 6.18 Å². The minimum atomic E-state index is -4.43. The summed E-state index contributed by atoms with van der Waals surface area (Å²) in [5.41, 5.74) is 1.44. The van der Waals surface area contributed by atoms with Crippen LogP contribution in [0.3, 0.4) is 0 Å². The minimum Gasteiger partial charge on any atom is -0.376 e. The fraction of sp³-hybridized carbons (Fsp3) is 0.455. The molecule has 152 valence electrons. The fourth-order valence-corrected chi connectivity index (χ4v) is 4.32. The van der Waals surface area contributed by atoms with Gasteiger partial charge < -0.3 is 4.74 Å². The van der Waals surface area contributed by atoms with Crippen molar-refractivity contribution in [3.63, 3.8) is 0 Å². The summed E-state index contributed by atoms with van der Waals surface area (Å²) >= 11 is 0. The van der Waals surface area contributed by atoms with E-state index in [1.54, 1.807) is 17.1 Å². The summed E-state index contributed by atoms with van der Waals surface area (Å²) in [6, 6.07) is 13.9. The fourth-order valence-electron chi connectivity index (χ4n) is 4.32. The van der Waals surface area contributed by atoms with Gasteiger partial charge in [-0.15, -0.1) is 0 Å². The molecule has 1 fully saturated rings. The molecule has 0 radical (unpaired) electrons. The highest BCUT2D eigenvalue weighted by molar-refractivity contribution is 5.37. The molecular formula is C22H27F3N2O. The van der Waals surface area contributed by atoms with Gasteiger partial charge in [0.05, 0.1) is 17.7 Å². The first-order valence-corrected chi connectivity index (χ1v) is 9.66. The Morgan fingerprint density at radius 1 is 1.18 bits per heavy atom. The summed E-state index contributed by atoms with van der Waals surface area (Å²) in [7, 11) is 1.49. The minimum absolute atomic E-state index is 0.181. The Morgan fingerprint density at radius 2 is 1.89 bits per heavy atom. The number of hydrazine groups is 1. The highest BCUT2D eigenvalue weighted by atomic mass is 19.4. The van der Waals surface area contributed by atoms with E-state index < -0.39 is 17.8 Å². The zero-order valence-corrected chi connectivity index (χ0v) is 16.2. The van der Waals surface area contributed by atoms with Crippen molar-refractivity contribution >= 4 is 0 Å². The average molecular weight is 392 g/mol. The van der Waals surface area contributed by atoms with Crippen molar-refractivity contribution < 1.29 is 17.9 Å². The topological polar surface area (TPSA) is 38.5 Å². The van der Waals surface area contributed by atoms with Crippen molar-refractivity contribution in [1.82, 2.24) is 5.01 Å². The third kappa shape index (κ3) is 4.24. The zero-order chi connectivity index (χ0) is 20.3. The molecule has 0 spiro atoms. The summed E-state index contributed by atoms with van der Waals surface area (Å²) in [4.78, 5) is 0. The van der Waals surface area contributed by atoms with Gasteiger partial charge in [0.15, 0.2) is 0 Å². The molecule has 0 aliphatic carbocycles. The maximum absolute atomic E-state index is 13.8. The highest BCUT2D eigenvalue weighted by Gasteiger charge is 2.42. The van der Waals surface area contributed by atoms with Crippen LogP contribution in [0, 0.1) is 5.92 Å². The van der Waals surface area contributed by atoms with Gasteiger partial charge in [-0.2, -0.15) is 13.2 Å². The zero-order valence-electron chi connectivity index (χ0n) is 16.2. The van der Waals surface area contributed by atoms with Gasteiger partial charge in [-0.1, -0.05) is 49.4 Å². The van der Waals surface area contributed by atoms with Crippen LogP contribution < -0.4 is 5.84 Å². The first-order valence-electron chi connectivity index (χ1n) is 9.66. The molecule has 6 heteroatoms. The monoisotopic (exact) mass is 392 g/mol. The van der Waals surface area contributed by atoms with E-state index in [1.165, 1.54) is 13.2 Å². The summed E-state index contributed by atoms with van der Waals surface area (Å²) in [5, 5.41) is 1.74. The molecule has 3 atom stereocenters. The van der Waals surface area contributed by atoms with Crippen molar-refractivity contribution in [2.45, 2.75) is 44.5 Å². The number of hydrogen-bond acceptors (Lipinski definition) is 3. The second kappa shape index (κ2) is 8.64. The number of nitrogens with zero attached hydrogens (tertiary/aromatic N) is 1. The molecule has 0 bridgehead atoms. The van der Waals surface area contributed by atoms with E-state index in [0.717, 1.165) is 24.0 Å². The standard InChI is InChI=1S/C22H27F3N2O/c1-3-15-11-12-19(22(23,24)25)18(14-15)21(28-2)17-10-7-13-27(26)20(17)16-8-5-4-6-9-16/h4-6,8-9,11-12,14,17,20-21H,3,7,10,13,26H2,1-2H3. The van der Waals surface area contributed by atoms with E-state index in [0.29, 0.717) is 13.0 Å². The molecular weight excluding hydrogens is 365 g/mol. The number of piperidine rings is 1. The van der Waals surface area contributed by atoms with Crippen LogP contribution in [-0.2, 0) is 17.3 Å². The second-order valence-corrected chi connectivity index (χ2v) is 7.33. The normalized spacial score (nSPS) is 22.2. The molecule has 1 aliphatic rings. The van der Waals surface area contributed by atoms with Crippen molar-refractivity contribution in [2.75, 3.05) is 13.7 Å². The summed E-state index contributed by atoms with van der Waals surface area (Å²) in [6.07, 6.45) is -2.90. The molecule has 1 heterocycles. The van der Waals surface area contributed by atoms with E-state index in [-0.39, 0.29) is 17.5 Å². The van der Waals surface area contributed by atoms with Gasteiger partial charge in [-0.25, -0.2) is 5.01 Å². The van der Waals surface area contributed by atoms with Crippen LogP contribution in [-0.4, -0.2) is 18.7 Å². The lowest BCUT2D eigenvalue weighted by Crippen LogP contribution is -2.45. The van der Waals surface area contributed by atoms with Crippen molar-refractivity contribution in [3.05, 3.63) is 70.8 Å². The number of rotatable bonds is 5. The Morgan fingerprint density at radius 3 is 2.50 bits per heavy atom. The SMILES string of the molecule is CCc1ccc(C(F)(F)F)c(C(OC)C2CCCN(N)C2c2ccccc2)c1. The van der Waals surface area contributed by atoms with Crippen LogP contribution in [0.2, 0.25) is 0 Å². The molecule has 0 aromatic heterocycles. The van der Waals surface area contributed by atoms with Crippen LogP contribution in [0.25, 0.3) is 0 Å². The number of hydrogen-bond donors (Lipinski definition) is 1. The van der Waals surface area contributed by atoms with Gasteiger partial charge in [-0.3, -0.25) is 5.84 Å². The van der Waals surface area contributed by atoms with Gasteiger partial charge in [0.25, 0.3) is 0 Å². The van der Waals surface area contributed by atoms with E-state index >= 15 is 0 Å². The Kier molecular flexibility index (Phi) is 6.43. The largest absolute Gasteiger partial charge is 0.416 e. The maximum Gasteiger partial charge on any atom is 0.416 e. The molecule has 28 heavy (non-hydrogen) atoms. The van der Waals surface area contributed by atoms with Crippen molar-refractivity contribution in [2.24, 2.45) is 11.8 Å². The number of aryl methyl sites for hydroxylation is 1. The Hall–Kier alpha value is -1.89. The van der Waals surface area contributed by atoms with Crippen LogP contribution in [0.1, 0.15) is 54.2 Å². The predicted octanol–water partition coefficient (Wildman–Crippen LogP) is 5.28. The molecule has 2 aromatic carbocycles. The van der Waals surface area contributed by atoms with Gasteiger partial charge in [0.1, 0.15) is 0 Å². The Bertz CT molecular complexity index is 779. The van der Waals surface area contributed by atoms with Gasteiger partial charge in [0.2, 0.25) is 0 Å². The second-order valence-electron chi connectivity index (χ2n) is 7.33. The van der Waals surface area contributed by atoms with Crippen molar-refractivity contribution in [1.29, 1.82) is 0 Å². The highest BCUT2D eigenvalue weighted by Crippen LogP contribution is 2.46. The number of methoxy groups -OCH3 is 1. The lowest BCUT2D eigenvalue weighted by Gasteiger charge is -2.42. The van der Waals surface area contributed by atoms with Crippen LogP contribution in [0.5, 0.6) is 0 Å². The first kappa shape index (κ1) is 20.8. The molecule has 1 aliphatic heterocycles. The molecule has 3 nitrogen and oxygen atoms in total. The summed E-state index contributed by atoms with van der Waals surface area (Å²) < 4.78 is 47.0. The molecule has 1 saturated heterocycles. The molecule has 3 unspecified atom stereocenters. The van der Waals surface area contributed by atoms with E-state index in [4.69, 9.17) is 10.6 Å². The summed E-state index contributed by atoms with van der Waals surface area (Å²) in [6.45, 7) is 2.64. The third-order valence-corrected chi connectivity index (χ3v) is 5.64. The number of alkyl halides is 3. The number of halogens is 3. The number of benzene rings is 2. The van der Waals surface area contributed by atoms with Gasteiger partial charge in [-0.05, 0) is 42.0 Å². The molecule has 2 aromatic rings. The van der Waals surface area contributed by atoms with Crippen LogP contribution in [0.4, 0.5) is 13.2 Å². The first-order chi connectivity index (χ1) is 13.4. The molecule has 2 N–H and O–H groups in total. The number of ether oxygens (including phenoxy) is 1. The lowest BCUT2D eigenvalue weighted by molar-refractivity contribution is -0.140. The smallest absolute Gasteiger partial charge is 0.376 e. The predicted molar refractivity (Wildman–Crippen MR) is 103 cm³/mol. The van der Waals surface area contributed by atoms with Crippen LogP contribution >= 0.6 is 0 Å². The molecule has 0 saturated carbocycles. The van der Waals surface area contributed by atoms with Crippen molar-refractivity contribution in [3.8, 4) is 0 Å². The van der Waals surface area contributed by atoms with E-state index in [2.05, 4.69) is 0 Å². The lowest BCUT2D eigenvalue weighted by atomic mass is 9.78. The van der Waals surface area contributed by atoms with E-state index in [1.807, 2.05) is 37.3 Å². The average Bonchev–Trinajstić information content (AvgIpc) is 2.68.